The van der Waals surface area contributed by atoms with Gasteiger partial charge in [-0.2, -0.15) is 0 Å². The van der Waals surface area contributed by atoms with E-state index < -0.39 is 0 Å². The Bertz CT molecular complexity index is 359. The molecule has 6 heteroatoms. The molecule has 1 aromatic heterocycles. The fourth-order valence-corrected chi connectivity index (χ4v) is 1.98. The first kappa shape index (κ1) is 12.1. The van der Waals surface area contributed by atoms with Crippen LogP contribution in [0.15, 0.2) is 16.8 Å². The molecule has 0 unspecified atom stereocenters. The third kappa shape index (κ3) is 3.97. The largest absolute Gasteiger partial charge is 0.329 e. The molecule has 82 valence electrons. The molecule has 0 amide bonds. The monoisotopic (exact) mass is 244 g/mol. The SMILES string of the molecule is C/C=C(\C=N/C)Nc1nnc(CCCl)s1. The third-order valence-corrected chi connectivity index (χ3v) is 2.69. The Balaban J connectivity index is 2.63. The van der Waals surface area contributed by atoms with Gasteiger partial charge in [0.25, 0.3) is 0 Å². The van der Waals surface area contributed by atoms with Gasteiger partial charge in [0.1, 0.15) is 5.01 Å². The second kappa shape index (κ2) is 6.53. The second-order valence-electron chi connectivity index (χ2n) is 2.70. The Morgan fingerprint density at radius 3 is 3.00 bits per heavy atom. The summed E-state index contributed by atoms with van der Waals surface area (Å²) in [6.45, 7) is 1.94. The molecule has 4 nitrogen and oxygen atoms in total. The Morgan fingerprint density at radius 2 is 2.40 bits per heavy atom. The average Bonchev–Trinajstić information content (AvgIpc) is 2.66. The van der Waals surface area contributed by atoms with E-state index in [9.17, 15) is 0 Å². The van der Waals surface area contributed by atoms with Crippen LogP contribution in [-0.2, 0) is 6.42 Å². The van der Waals surface area contributed by atoms with Gasteiger partial charge in [0.15, 0.2) is 0 Å². The van der Waals surface area contributed by atoms with Gasteiger partial charge in [-0.15, -0.1) is 21.8 Å². The molecular formula is C9H13ClN4S. The molecule has 1 heterocycles. The highest BCUT2D eigenvalue weighted by atomic mass is 35.5. The quantitative estimate of drug-likeness (QED) is 0.639. The average molecular weight is 245 g/mol. The number of alkyl halides is 1. The van der Waals surface area contributed by atoms with Gasteiger partial charge in [-0.25, -0.2) is 0 Å². The number of aryl methyl sites for hydroxylation is 1. The van der Waals surface area contributed by atoms with Gasteiger partial charge in [-0.05, 0) is 6.92 Å². The van der Waals surface area contributed by atoms with Gasteiger partial charge in [0, 0.05) is 25.6 Å². The molecule has 0 spiro atoms. The number of aliphatic imine (C=N–C) groups is 1. The Kier molecular flexibility index (Phi) is 5.28. The van der Waals surface area contributed by atoms with Gasteiger partial charge in [0.2, 0.25) is 5.13 Å². The maximum absolute atomic E-state index is 5.61. The van der Waals surface area contributed by atoms with Crippen LogP contribution in [-0.4, -0.2) is 29.3 Å². The number of hydrogen-bond donors (Lipinski definition) is 1. The number of rotatable bonds is 5. The van der Waals surface area contributed by atoms with E-state index in [1.54, 1.807) is 13.3 Å². The summed E-state index contributed by atoms with van der Waals surface area (Å²) in [5.41, 5.74) is 0.908. The van der Waals surface area contributed by atoms with E-state index in [-0.39, 0.29) is 0 Å². The van der Waals surface area contributed by atoms with Crippen LogP contribution in [0.5, 0.6) is 0 Å². The molecule has 0 aromatic carbocycles. The lowest BCUT2D eigenvalue weighted by atomic mass is 10.4. The van der Waals surface area contributed by atoms with Gasteiger partial charge < -0.3 is 5.32 Å². The van der Waals surface area contributed by atoms with E-state index in [1.807, 2.05) is 13.0 Å². The van der Waals surface area contributed by atoms with E-state index in [1.165, 1.54) is 11.3 Å². The van der Waals surface area contributed by atoms with Crippen molar-refractivity contribution in [2.24, 2.45) is 4.99 Å². The molecule has 15 heavy (non-hydrogen) atoms. The topological polar surface area (TPSA) is 50.2 Å². The molecule has 1 rings (SSSR count). The molecule has 1 aromatic rings. The lowest BCUT2D eigenvalue weighted by Gasteiger charge is -1.99. The van der Waals surface area contributed by atoms with Crippen molar-refractivity contribution in [3.8, 4) is 0 Å². The van der Waals surface area contributed by atoms with Crippen molar-refractivity contribution in [3.05, 3.63) is 16.8 Å². The molecule has 0 aliphatic heterocycles. The maximum atomic E-state index is 5.61. The number of allylic oxidation sites excluding steroid dienone is 2. The fourth-order valence-electron chi connectivity index (χ4n) is 0.928. The van der Waals surface area contributed by atoms with E-state index >= 15 is 0 Å². The van der Waals surface area contributed by atoms with Crippen LogP contribution in [0.25, 0.3) is 0 Å². The Morgan fingerprint density at radius 1 is 1.60 bits per heavy atom. The van der Waals surface area contributed by atoms with Crippen LogP contribution in [0.3, 0.4) is 0 Å². The van der Waals surface area contributed by atoms with Gasteiger partial charge in [-0.3, -0.25) is 4.99 Å². The summed E-state index contributed by atoms with van der Waals surface area (Å²) in [4.78, 5) is 3.93. The number of nitrogens with zero attached hydrogens (tertiary/aromatic N) is 3. The van der Waals surface area contributed by atoms with Crippen molar-refractivity contribution in [2.45, 2.75) is 13.3 Å². The van der Waals surface area contributed by atoms with Crippen molar-refractivity contribution in [1.82, 2.24) is 10.2 Å². The Labute approximate surface area is 98.1 Å². The van der Waals surface area contributed by atoms with E-state index in [4.69, 9.17) is 11.6 Å². The number of aromatic nitrogens is 2. The minimum atomic E-state index is 0.571. The predicted octanol–water partition coefficient (Wildman–Crippen LogP) is 2.34. The van der Waals surface area contributed by atoms with Crippen molar-refractivity contribution >= 4 is 34.3 Å². The number of hydrogen-bond acceptors (Lipinski definition) is 5. The second-order valence-corrected chi connectivity index (χ2v) is 4.14. The normalized spacial score (nSPS) is 12.3. The highest BCUT2D eigenvalue weighted by Crippen LogP contribution is 2.17. The zero-order valence-electron chi connectivity index (χ0n) is 8.70. The van der Waals surface area contributed by atoms with Gasteiger partial charge in [-0.1, -0.05) is 17.4 Å². The van der Waals surface area contributed by atoms with E-state index in [0.29, 0.717) is 5.88 Å². The van der Waals surface area contributed by atoms with Crippen LogP contribution in [0.2, 0.25) is 0 Å². The van der Waals surface area contributed by atoms with Crippen molar-refractivity contribution in [1.29, 1.82) is 0 Å². The van der Waals surface area contributed by atoms with Crippen LogP contribution in [0.1, 0.15) is 11.9 Å². The summed E-state index contributed by atoms with van der Waals surface area (Å²) in [5.74, 6) is 0.571. The van der Waals surface area contributed by atoms with Crippen LogP contribution < -0.4 is 5.32 Å². The molecule has 0 radical (unpaired) electrons. The smallest absolute Gasteiger partial charge is 0.210 e. The van der Waals surface area contributed by atoms with E-state index in [0.717, 1.165) is 22.3 Å². The van der Waals surface area contributed by atoms with Crippen molar-refractivity contribution in [3.63, 3.8) is 0 Å². The first-order valence-corrected chi connectivity index (χ1v) is 5.89. The van der Waals surface area contributed by atoms with Crippen molar-refractivity contribution < 1.29 is 0 Å². The van der Waals surface area contributed by atoms with Gasteiger partial charge in [0.05, 0.1) is 5.70 Å². The van der Waals surface area contributed by atoms with Gasteiger partial charge >= 0.3 is 0 Å². The molecule has 0 aliphatic carbocycles. The lowest BCUT2D eigenvalue weighted by molar-refractivity contribution is 0.988. The minimum Gasteiger partial charge on any atom is -0.329 e. The molecule has 0 atom stereocenters. The van der Waals surface area contributed by atoms with Crippen LogP contribution in [0.4, 0.5) is 5.13 Å². The summed E-state index contributed by atoms with van der Waals surface area (Å²) in [5, 5.41) is 12.8. The van der Waals surface area contributed by atoms with Crippen molar-refractivity contribution in [2.75, 3.05) is 18.2 Å². The number of halogens is 1. The molecule has 0 fully saturated rings. The van der Waals surface area contributed by atoms with E-state index in [2.05, 4.69) is 20.5 Å². The molecule has 0 aliphatic rings. The first-order chi connectivity index (χ1) is 7.30. The maximum Gasteiger partial charge on any atom is 0.210 e. The fraction of sp³-hybridized carbons (Fsp3) is 0.444. The zero-order chi connectivity index (χ0) is 11.1. The third-order valence-electron chi connectivity index (χ3n) is 1.61. The first-order valence-electron chi connectivity index (χ1n) is 4.54. The number of nitrogens with one attached hydrogen (secondary N) is 1. The molecule has 0 saturated heterocycles. The summed E-state index contributed by atoms with van der Waals surface area (Å²) < 4.78 is 0. The van der Waals surface area contributed by atoms with Crippen LogP contribution >= 0.6 is 22.9 Å². The summed E-state index contributed by atoms with van der Waals surface area (Å²) in [7, 11) is 1.73. The lowest BCUT2D eigenvalue weighted by Crippen LogP contribution is -1.99. The Hall–Kier alpha value is -0.940. The zero-order valence-corrected chi connectivity index (χ0v) is 10.3. The summed E-state index contributed by atoms with van der Waals surface area (Å²) in [6.07, 6.45) is 4.42. The molecule has 0 bridgehead atoms. The molecular weight excluding hydrogens is 232 g/mol. The highest BCUT2D eigenvalue weighted by Gasteiger charge is 2.03. The standard InChI is InChI=1S/C9H13ClN4S/c1-3-7(6-11-2)12-9-14-13-8(15-9)4-5-10/h3,6H,4-5H2,1-2H3,(H,12,14)/b7-3+,11-6-. The highest BCUT2D eigenvalue weighted by molar-refractivity contribution is 7.15. The minimum absolute atomic E-state index is 0.571. The summed E-state index contributed by atoms with van der Waals surface area (Å²) in [6, 6.07) is 0. The summed E-state index contributed by atoms with van der Waals surface area (Å²) >= 11 is 7.12. The van der Waals surface area contributed by atoms with Crippen LogP contribution in [0, 0.1) is 0 Å². The number of anilines is 1. The molecule has 0 saturated carbocycles. The predicted molar refractivity (Wildman–Crippen MR) is 66.1 cm³/mol. The molecule has 1 N–H and O–H groups in total.